The molecule has 2 aromatic heterocycles. The molecule has 3 N–H and O–H groups in total. The first-order valence-electron chi connectivity index (χ1n) is 6.49. The number of hydrogen-bond donors (Lipinski definition) is 2. The van der Waals surface area contributed by atoms with Gasteiger partial charge in [-0.1, -0.05) is 12.1 Å². The number of carbonyl (C=O) groups is 1. The maximum Gasteiger partial charge on any atom is 0.357 e. The van der Waals surface area contributed by atoms with E-state index in [0.29, 0.717) is 17.1 Å². The molecule has 0 fully saturated rings. The van der Waals surface area contributed by atoms with Gasteiger partial charge < -0.3 is 15.0 Å². The molecule has 0 amide bonds. The van der Waals surface area contributed by atoms with Crippen LogP contribution >= 0.6 is 0 Å². The number of nitrogens with two attached hydrogens (primary N) is 1. The quantitative estimate of drug-likeness (QED) is 0.686. The van der Waals surface area contributed by atoms with E-state index in [2.05, 4.69) is 20.6 Å². The number of benzene rings is 1. The molecule has 0 aliphatic carbocycles. The summed E-state index contributed by atoms with van der Waals surface area (Å²) in [5, 5.41) is 23.0. The second kappa shape index (κ2) is 5.61. The van der Waals surface area contributed by atoms with E-state index in [9.17, 15) is 10.1 Å². The Hall–Kier alpha value is -3.67. The number of rotatable bonds is 3. The SMILES string of the molecule is COC(=O)c1c(N)c(C#N)cn1-c1ccccc1-c1nn[nH]n1. The number of nitrogens with zero attached hydrogens (tertiary/aromatic N) is 5. The predicted molar refractivity (Wildman–Crippen MR) is 79.4 cm³/mol. The first-order valence-corrected chi connectivity index (χ1v) is 6.49. The third-order valence-electron chi connectivity index (χ3n) is 3.29. The van der Waals surface area contributed by atoms with Gasteiger partial charge in [0, 0.05) is 11.8 Å². The van der Waals surface area contributed by atoms with Crippen LogP contribution in [0.3, 0.4) is 0 Å². The molecule has 0 saturated carbocycles. The Bertz CT molecular complexity index is 906. The molecule has 0 spiro atoms. The number of tetrazole rings is 1. The van der Waals surface area contributed by atoms with Crippen molar-refractivity contribution in [3.63, 3.8) is 0 Å². The fourth-order valence-electron chi connectivity index (χ4n) is 2.25. The number of nitrogens with one attached hydrogen (secondary N) is 1. The number of para-hydroxylation sites is 1. The van der Waals surface area contributed by atoms with Crippen molar-refractivity contribution in [2.45, 2.75) is 0 Å². The van der Waals surface area contributed by atoms with E-state index in [1.807, 2.05) is 6.07 Å². The average Bonchev–Trinajstić information content (AvgIpc) is 3.22. The number of nitrogen functional groups attached to an aromatic ring is 1. The second-order valence-electron chi connectivity index (χ2n) is 4.53. The summed E-state index contributed by atoms with van der Waals surface area (Å²) in [4.78, 5) is 12.1. The van der Waals surface area contributed by atoms with Gasteiger partial charge in [0.25, 0.3) is 0 Å². The van der Waals surface area contributed by atoms with Crippen LogP contribution in [0.4, 0.5) is 5.69 Å². The van der Waals surface area contributed by atoms with Gasteiger partial charge in [0.05, 0.1) is 24.0 Å². The summed E-state index contributed by atoms with van der Waals surface area (Å²) in [7, 11) is 1.25. The highest BCUT2D eigenvalue weighted by Crippen LogP contribution is 2.29. The van der Waals surface area contributed by atoms with Crippen LogP contribution in [0.15, 0.2) is 30.5 Å². The second-order valence-corrected chi connectivity index (χ2v) is 4.53. The number of aromatic nitrogens is 5. The van der Waals surface area contributed by atoms with Crippen molar-refractivity contribution in [2.75, 3.05) is 12.8 Å². The van der Waals surface area contributed by atoms with Crippen LogP contribution in [0, 0.1) is 11.3 Å². The lowest BCUT2D eigenvalue weighted by atomic mass is 10.1. The first kappa shape index (κ1) is 14.3. The normalized spacial score (nSPS) is 10.3. The zero-order valence-corrected chi connectivity index (χ0v) is 12.0. The molecule has 0 radical (unpaired) electrons. The number of esters is 1. The highest BCUT2D eigenvalue weighted by Gasteiger charge is 2.23. The van der Waals surface area contributed by atoms with Crippen molar-refractivity contribution < 1.29 is 9.53 Å². The van der Waals surface area contributed by atoms with Crippen LogP contribution in [0.5, 0.6) is 0 Å². The number of carbonyl (C=O) groups excluding carboxylic acids is 1. The highest BCUT2D eigenvalue weighted by atomic mass is 16.5. The van der Waals surface area contributed by atoms with E-state index in [1.165, 1.54) is 17.9 Å². The van der Waals surface area contributed by atoms with E-state index >= 15 is 0 Å². The number of hydrogen-bond acceptors (Lipinski definition) is 7. The molecule has 0 saturated heterocycles. The van der Waals surface area contributed by atoms with Gasteiger partial charge in [-0.2, -0.15) is 10.5 Å². The van der Waals surface area contributed by atoms with Crippen LogP contribution in [0.25, 0.3) is 17.1 Å². The summed E-state index contributed by atoms with van der Waals surface area (Å²) in [5.41, 5.74) is 7.39. The van der Waals surface area contributed by atoms with Gasteiger partial charge in [0.1, 0.15) is 6.07 Å². The van der Waals surface area contributed by atoms with E-state index in [0.717, 1.165) is 0 Å². The largest absolute Gasteiger partial charge is 0.464 e. The van der Waals surface area contributed by atoms with Gasteiger partial charge >= 0.3 is 5.97 Å². The van der Waals surface area contributed by atoms with E-state index < -0.39 is 5.97 Å². The van der Waals surface area contributed by atoms with Crippen LogP contribution < -0.4 is 5.73 Å². The Labute approximate surface area is 130 Å². The molecule has 114 valence electrons. The van der Waals surface area contributed by atoms with Gasteiger partial charge in [0.2, 0.25) is 5.82 Å². The molecule has 3 rings (SSSR count). The van der Waals surface area contributed by atoms with Gasteiger partial charge in [0.15, 0.2) is 5.69 Å². The van der Waals surface area contributed by atoms with Crippen LogP contribution in [0.2, 0.25) is 0 Å². The molecular formula is C14H11N7O2. The maximum absolute atomic E-state index is 12.1. The highest BCUT2D eigenvalue weighted by molar-refractivity contribution is 5.96. The predicted octanol–water partition coefficient (Wildman–Crippen LogP) is 0.898. The number of nitriles is 1. The lowest BCUT2D eigenvalue weighted by Gasteiger charge is -2.11. The van der Waals surface area contributed by atoms with Crippen molar-refractivity contribution in [3.05, 3.63) is 41.7 Å². The van der Waals surface area contributed by atoms with E-state index in [4.69, 9.17) is 10.5 Å². The van der Waals surface area contributed by atoms with Gasteiger partial charge in [-0.15, -0.1) is 10.2 Å². The minimum absolute atomic E-state index is 0.0577. The first-order chi connectivity index (χ1) is 11.2. The number of aromatic amines is 1. The van der Waals surface area contributed by atoms with Crippen molar-refractivity contribution in [1.82, 2.24) is 25.2 Å². The molecule has 0 atom stereocenters. The molecule has 9 nitrogen and oxygen atoms in total. The van der Waals surface area contributed by atoms with E-state index in [1.54, 1.807) is 24.3 Å². The summed E-state index contributed by atoms with van der Waals surface area (Å²) in [6.07, 6.45) is 1.47. The lowest BCUT2D eigenvalue weighted by Crippen LogP contribution is -2.11. The number of anilines is 1. The molecule has 9 heteroatoms. The van der Waals surface area contributed by atoms with E-state index in [-0.39, 0.29) is 16.9 Å². The number of ether oxygens (including phenoxy) is 1. The van der Waals surface area contributed by atoms with Crippen molar-refractivity contribution in [3.8, 4) is 23.1 Å². The van der Waals surface area contributed by atoms with Crippen molar-refractivity contribution in [1.29, 1.82) is 5.26 Å². The molecule has 0 aliphatic heterocycles. The molecule has 0 unspecified atom stereocenters. The summed E-state index contributed by atoms with van der Waals surface area (Å²) in [5.74, 6) is -0.297. The Morgan fingerprint density at radius 1 is 1.43 bits per heavy atom. The summed E-state index contributed by atoms with van der Waals surface area (Å²) in [6.45, 7) is 0. The molecular weight excluding hydrogens is 298 g/mol. The lowest BCUT2D eigenvalue weighted by molar-refractivity contribution is 0.0593. The minimum Gasteiger partial charge on any atom is -0.464 e. The van der Waals surface area contributed by atoms with Crippen LogP contribution in [-0.4, -0.2) is 38.3 Å². The summed E-state index contributed by atoms with van der Waals surface area (Å²) in [6, 6.07) is 9.05. The number of methoxy groups -OCH3 is 1. The standard InChI is InChI=1S/C14H11N7O2/c1-23-14(22)12-11(16)8(6-15)7-21(12)10-5-3-2-4-9(10)13-17-19-20-18-13/h2-5,7H,16H2,1H3,(H,17,18,19,20). The fourth-order valence-corrected chi connectivity index (χ4v) is 2.25. The summed E-state index contributed by atoms with van der Waals surface area (Å²) < 4.78 is 6.26. The van der Waals surface area contributed by atoms with Crippen molar-refractivity contribution >= 4 is 11.7 Å². The van der Waals surface area contributed by atoms with Crippen molar-refractivity contribution in [2.24, 2.45) is 0 Å². The van der Waals surface area contributed by atoms with Gasteiger partial charge in [-0.05, 0) is 17.3 Å². The molecule has 0 aliphatic rings. The topological polar surface area (TPSA) is 136 Å². The third-order valence-corrected chi connectivity index (χ3v) is 3.29. The maximum atomic E-state index is 12.1. The van der Waals surface area contributed by atoms with Crippen LogP contribution in [-0.2, 0) is 4.74 Å². The Kier molecular flexibility index (Phi) is 3.48. The molecule has 2 heterocycles. The molecule has 1 aromatic carbocycles. The zero-order chi connectivity index (χ0) is 16.4. The molecule has 23 heavy (non-hydrogen) atoms. The van der Waals surface area contributed by atoms with Gasteiger partial charge in [-0.3, -0.25) is 0 Å². The molecule has 3 aromatic rings. The minimum atomic E-state index is -0.646. The monoisotopic (exact) mass is 309 g/mol. The smallest absolute Gasteiger partial charge is 0.357 e. The fraction of sp³-hybridized carbons (Fsp3) is 0.0714. The summed E-state index contributed by atoms with van der Waals surface area (Å²) >= 11 is 0. The zero-order valence-electron chi connectivity index (χ0n) is 12.0. The molecule has 0 bridgehead atoms. The number of H-pyrrole nitrogens is 1. The van der Waals surface area contributed by atoms with Crippen LogP contribution in [0.1, 0.15) is 16.1 Å². The Morgan fingerprint density at radius 2 is 2.22 bits per heavy atom. The third kappa shape index (κ3) is 2.28. The van der Waals surface area contributed by atoms with Gasteiger partial charge in [-0.25, -0.2) is 4.79 Å². The Morgan fingerprint density at radius 3 is 2.87 bits per heavy atom. The Balaban J connectivity index is 2.29. The average molecular weight is 309 g/mol.